The van der Waals surface area contributed by atoms with Crippen LogP contribution in [0, 0.1) is 0 Å². The SMILES string of the molecule is O=C(O)C1C=C(Br)CC=N1. The van der Waals surface area contributed by atoms with Gasteiger partial charge in [0.2, 0.25) is 0 Å². The van der Waals surface area contributed by atoms with Crippen LogP contribution in [0.2, 0.25) is 0 Å². The molecule has 0 fully saturated rings. The van der Waals surface area contributed by atoms with Crippen molar-refractivity contribution in [2.45, 2.75) is 12.5 Å². The minimum atomic E-state index is -0.909. The summed E-state index contributed by atoms with van der Waals surface area (Å²) in [5.41, 5.74) is 0. The molecule has 0 aromatic heterocycles. The van der Waals surface area contributed by atoms with Gasteiger partial charge in [-0.1, -0.05) is 15.9 Å². The van der Waals surface area contributed by atoms with Gasteiger partial charge in [0.25, 0.3) is 0 Å². The second kappa shape index (κ2) is 2.96. The monoisotopic (exact) mass is 203 g/mol. The summed E-state index contributed by atoms with van der Waals surface area (Å²) >= 11 is 3.20. The molecule has 0 radical (unpaired) electrons. The molecule has 0 aliphatic carbocycles. The van der Waals surface area contributed by atoms with Gasteiger partial charge in [0, 0.05) is 12.6 Å². The number of aliphatic imine (C=N–C) groups is 1. The summed E-state index contributed by atoms with van der Waals surface area (Å²) in [4.78, 5) is 14.1. The zero-order valence-corrected chi connectivity index (χ0v) is 6.71. The molecular formula is C6H6BrNO2. The molecule has 3 nitrogen and oxygen atoms in total. The number of rotatable bonds is 1. The third-order valence-electron chi connectivity index (χ3n) is 1.14. The predicted molar refractivity (Wildman–Crippen MR) is 41.5 cm³/mol. The van der Waals surface area contributed by atoms with E-state index in [-0.39, 0.29) is 0 Å². The minimum Gasteiger partial charge on any atom is -0.479 e. The van der Waals surface area contributed by atoms with Gasteiger partial charge in [0.1, 0.15) is 0 Å². The molecule has 0 bridgehead atoms. The standard InChI is InChI=1S/C6H6BrNO2/c7-4-1-2-8-5(3-4)6(9)10/h2-3,5H,1H2,(H,9,10). The van der Waals surface area contributed by atoms with E-state index in [1.807, 2.05) is 0 Å². The van der Waals surface area contributed by atoms with Crippen molar-refractivity contribution in [1.82, 2.24) is 0 Å². The molecule has 1 rings (SSSR count). The maximum Gasteiger partial charge on any atom is 0.332 e. The van der Waals surface area contributed by atoms with Crippen molar-refractivity contribution < 1.29 is 9.90 Å². The van der Waals surface area contributed by atoms with Crippen molar-refractivity contribution in [1.29, 1.82) is 0 Å². The fraction of sp³-hybridized carbons (Fsp3) is 0.333. The number of aliphatic carboxylic acids is 1. The van der Waals surface area contributed by atoms with E-state index in [0.29, 0.717) is 6.42 Å². The van der Waals surface area contributed by atoms with Crippen molar-refractivity contribution in [3.05, 3.63) is 10.6 Å². The van der Waals surface area contributed by atoms with Gasteiger partial charge < -0.3 is 5.11 Å². The molecule has 54 valence electrons. The van der Waals surface area contributed by atoms with E-state index < -0.39 is 12.0 Å². The summed E-state index contributed by atoms with van der Waals surface area (Å²) in [6.45, 7) is 0. The lowest BCUT2D eigenvalue weighted by Gasteiger charge is -2.06. The Morgan fingerprint density at radius 2 is 2.60 bits per heavy atom. The molecule has 1 heterocycles. The van der Waals surface area contributed by atoms with Crippen LogP contribution in [0.3, 0.4) is 0 Å². The van der Waals surface area contributed by atoms with Crippen LogP contribution in [0.15, 0.2) is 15.6 Å². The van der Waals surface area contributed by atoms with Crippen LogP contribution in [0.5, 0.6) is 0 Å². The lowest BCUT2D eigenvalue weighted by molar-refractivity contribution is -0.137. The summed E-state index contributed by atoms with van der Waals surface area (Å²) in [5.74, 6) is -0.909. The Morgan fingerprint density at radius 1 is 1.90 bits per heavy atom. The Labute approximate surface area is 66.6 Å². The van der Waals surface area contributed by atoms with Gasteiger partial charge in [-0.2, -0.15) is 0 Å². The molecule has 1 unspecified atom stereocenters. The molecule has 0 spiro atoms. The molecule has 4 heteroatoms. The molecule has 1 aliphatic heterocycles. The average molecular weight is 204 g/mol. The summed E-state index contributed by atoms with van der Waals surface area (Å²) in [5, 5.41) is 8.48. The third kappa shape index (κ3) is 1.67. The van der Waals surface area contributed by atoms with Crippen LogP contribution in [-0.4, -0.2) is 23.3 Å². The minimum absolute atomic E-state index is 0.692. The van der Waals surface area contributed by atoms with E-state index >= 15 is 0 Å². The summed E-state index contributed by atoms with van der Waals surface area (Å²) in [6, 6.07) is -0.692. The fourth-order valence-electron chi connectivity index (χ4n) is 0.671. The van der Waals surface area contributed by atoms with Crippen molar-refractivity contribution in [2.75, 3.05) is 0 Å². The first kappa shape index (κ1) is 7.47. The molecule has 0 aromatic carbocycles. The first-order chi connectivity index (χ1) is 4.70. The second-order valence-electron chi connectivity index (χ2n) is 1.93. The third-order valence-corrected chi connectivity index (χ3v) is 1.73. The zero-order chi connectivity index (χ0) is 7.56. The average Bonchev–Trinajstić information content (AvgIpc) is 1.88. The Hall–Kier alpha value is -0.640. The molecule has 1 aliphatic rings. The molecule has 0 saturated carbocycles. The lowest BCUT2D eigenvalue weighted by Crippen LogP contribution is -2.17. The fourth-order valence-corrected chi connectivity index (χ4v) is 1.07. The number of carboxylic acids is 1. The molecular weight excluding hydrogens is 198 g/mol. The highest BCUT2D eigenvalue weighted by Crippen LogP contribution is 2.15. The van der Waals surface area contributed by atoms with Crippen LogP contribution in [0.25, 0.3) is 0 Å². The number of hydrogen-bond acceptors (Lipinski definition) is 2. The van der Waals surface area contributed by atoms with Gasteiger partial charge >= 0.3 is 5.97 Å². The Kier molecular flexibility index (Phi) is 2.21. The number of allylic oxidation sites excluding steroid dienone is 1. The number of carboxylic acid groups (broad SMARTS) is 1. The molecule has 0 saturated heterocycles. The van der Waals surface area contributed by atoms with Crippen LogP contribution in [0.4, 0.5) is 0 Å². The summed E-state index contributed by atoms with van der Waals surface area (Å²) in [7, 11) is 0. The molecule has 1 atom stereocenters. The number of halogens is 1. The number of hydrogen-bond donors (Lipinski definition) is 1. The second-order valence-corrected chi connectivity index (χ2v) is 2.95. The Morgan fingerprint density at radius 3 is 3.00 bits per heavy atom. The quantitative estimate of drug-likeness (QED) is 0.697. The molecule has 1 N–H and O–H groups in total. The van der Waals surface area contributed by atoms with E-state index in [0.717, 1.165) is 4.48 Å². The molecule has 10 heavy (non-hydrogen) atoms. The zero-order valence-electron chi connectivity index (χ0n) is 5.12. The Bertz CT molecular complexity index is 210. The van der Waals surface area contributed by atoms with Crippen molar-refractivity contribution in [3.63, 3.8) is 0 Å². The predicted octanol–water partition coefficient (Wildman–Crippen LogP) is 1.19. The maximum atomic E-state index is 10.3. The van der Waals surface area contributed by atoms with E-state index in [4.69, 9.17) is 5.11 Å². The first-order valence-corrected chi connectivity index (χ1v) is 3.60. The van der Waals surface area contributed by atoms with E-state index in [1.54, 1.807) is 12.3 Å². The largest absolute Gasteiger partial charge is 0.479 e. The van der Waals surface area contributed by atoms with Crippen molar-refractivity contribution in [2.24, 2.45) is 4.99 Å². The smallest absolute Gasteiger partial charge is 0.332 e. The van der Waals surface area contributed by atoms with Gasteiger partial charge in [0.05, 0.1) is 0 Å². The number of carbonyl (C=O) groups is 1. The molecule has 0 amide bonds. The van der Waals surface area contributed by atoms with Crippen molar-refractivity contribution >= 4 is 28.1 Å². The van der Waals surface area contributed by atoms with Crippen LogP contribution < -0.4 is 0 Å². The van der Waals surface area contributed by atoms with E-state index in [2.05, 4.69) is 20.9 Å². The Balaban J connectivity index is 2.70. The van der Waals surface area contributed by atoms with Gasteiger partial charge in [-0.25, -0.2) is 4.79 Å². The van der Waals surface area contributed by atoms with Crippen LogP contribution >= 0.6 is 15.9 Å². The number of nitrogens with zero attached hydrogens (tertiary/aromatic N) is 1. The number of dihydropyridines is 1. The lowest BCUT2D eigenvalue weighted by atomic mass is 10.2. The van der Waals surface area contributed by atoms with Gasteiger partial charge in [-0.15, -0.1) is 0 Å². The van der Waals surface area contributed by atoms with E-state index in [1.165, 1.54) is 0 Å². The first-order valence-electron chi connectivity index (χ1n) is 2.81. The van der Waals surface area contributed by atoms with Crippen LogP contribution in [0.1, 0.15) is 6.42 Å². The summed E-state index contributed by atoms with van der Waals surface area (Å²) < 4.78 is 0.884. The van der Waals surface area contributed by atoms with Gasteiger partial charge in [-0.05, 0) is 10.6 Å². The van der Waals surface area contributed by atoms with Crippen molar-refractivity contribution in [3.8, 4) is 0 Å². The summed E-state index contributed by atoms with van der Waals surface area (Å²) in [6.07, 6.45) is 3.88. The highest BCUT2D eigenvalue weighted by Gasteiger charge is 2.14. The highest BCUT2D eigenvalue weighted by molar-refractivity contribution is 9.11. The van der Waals surface area contributed by atoms with E-state index in [9.17, 15) is 4.79 Å². The highest BCUT2D eigenvalue weighted by atomic mass is 79.9. The van der Waals surface area contributed by atoms with Gasteiger partial charge in [-0.3, -0.25) is 4.99 Å². The normalized spacial score (nSPS) is 24.1. The maximum absolute atomic E-state index is 10.3. The molecule has 0 aromatic rings. The van der Waals surface area contributed by atoms with Crippen LogP contribution in [-0.2, 0) is 4.79 Å². The topological polar surface area (TPSA) is 49.7 Å². The van der Waals surface area contributed by atoms with Gasteiger partial charge in [0.15, 0.2) is 6.04 Å².